The van der Waals surface area contributed by atoms with Crippen LogP contribution in [0.5, 0.6) is 0 Å². The van der Waals surface area contributed by atoms with Crippen LogP contribution in [0.15, 0.2) is 4.34 Å². The zero-order valence-corrected chi connectivity index (χ0v) is 12.3. The van der Waals surface area contributed by atoms with Gasteiger partial charge in [-0.25, -0.2) is 4.98 Å². The van der Waals surface area contributed by atoms with Gasteiger partial charge in [-0.3, -0.25) is 4.79 Å². The molecule has 1 saturated carbocycles. The van der Waals surface area contributed by atoms with Crippen molar-refractivity contribution in [2.75, 3.05) is 0 Å². The maximum atomic E-state index is 11.3. The van der Waals surface area contributed by atoms with Crippen molar-refractivity contribution < 1.29 is 9.90 Å². The van der Waals surface area contributed by atoms with Gasteiger partial charge in [0, 0.05) is 5.25 Å². The predicted octanol–water partition coefficient (Wildman–Crippen LogP) is 3.22. The van der Waals surface area contributed by atoms with E-state index in [1.807, 2.05) is 6.92 Å². The second kappa shape index (κ2) is 6.02. The van der Waals surface area contributed by atoms with Crippen LogP contribution >= 0.6 is 23.3 Å². The number of aromatic nitrogens is 2. The number of rotatable bonds is 4. The van der Waals surface area contributed by atoms with Crippen molar-refractivity contribution in [1.82, 2.24) is 9.36 Å². The Labute approximate surface area is 115 Å². The molecule has 6 heteroatoms. The summed E-state index contributed by atoms with van der Waals surface area (Å²) in [6.07, 6.45) is 3.96. The van der Waals surface area contributed by atoms with Gasteiger partial charge in [0.15, 0.2) is 4.34 Å². The third kappa shape index (κ3) is 3.23. The number of aryl methyl sites for hydroxylation is 1. The average molecular weight is 286 g/mol. The maximum Gasteiger partial charge on any atom is 0.307 e. The number of hydrogen-bond acceptors (Lipinski definition) is 5. The Balaban J connectivity index is 2.07. The molecule has 0 aliphatic heterocycles. The van der Waals surface area contributed by atoms with E-state index in [2.05, 4.69) is 16.3 Å². The lowest BCUT2D eigenvalue weighted by Crippen LogP contribution is -2.32. The fourth-order valence-corrected chi connectivity index (χ4v) is 4.76. The van der Waals surface area contributed by atoms with Crippen LogP contribution in [0.25, 0.3) is 0 Å². The van der Waals surface area contributed by atoms with Crippen LogP contribution in [0.2, 0.25) is 0 Å². The summed E-state index contributed by atoms with van der Waals surface area (Å²) < 4.78 is 5.06. The van der Waals surface area contributed by atoms with E-state index < -0.39 is 5.97 Å². The van der Waals surface area contributed by atoms with E-state index in [1.54, 1.807) is 11.8 Å². The van der Waals surface area contributed by atoms with Gasteiger partial charge >= 0.3 is 5.97 Å². The molecule has 18 heavy (non-hydrogen) atoms. The predicted molar refractivity (Wildman–Crippen MR) is 73.0 cm³/mol. The highest BCUT2D eigenvalue weighted by Gasteiger charge is 2.35. The lowest BCUT2D eigenvalue weighted by molar-refractivity contribution is -0.142. The van der Waals surface area contributed by atoms with Crippen molar-refractivity contribution in [2.45, 2.75) is 49.1 Å². The number of nitrogens with zero attached hydrogens (tertiary/aromatic N) is 2. The molecule has 3 atom stereocenters. The van der Waals surface area contributed by atoms with Gasteiger partial charge in [-0.05, 0) is 43.6 Å². The van der Waals surface area contributed by atoms with Gasteiger partial charge in [-0.1, -0.05) is 25.1 Å². The van der Waals surface area contributed by atoms with Crippen LogP contribution in [0.3, 0.4) is 0 Å². The number of carbonyl (C=O) groups is 1. The molecular weight excluding hydrogens is 268 g/mol. The van der Waals surface area contributed by atoms with Crippen molar-refractivity contribution in [3.05, 3.63) is 5.82 Å². The third-order valence-electron chi connectivity index (χ3n) is 3.56. The van der Waals surface area contributed by atoms with Crippen molar-refractivity contribution in [3.63, 3.8) is 0 Å². The Morgan fingerprint density at radius 3 is 2.89 bits per heavy atom. The largest absolute Gasteiger partial charge is 0.481 e. The molecule has 1 aromatic rings. The van der Waals surface area contributed by atoms with Gasteiger partial charge in [0.2, 0.25) is 0 Å². The number of thioether (sulfide) groups is 1. The molecule has 1 N–H and O–H groups in total. The molecule has 2 rings (SSSR count). The van der Waals surface area contributed by atoms with Gasteiger partial charge in [0.05, 0.1) is 5.92 Å². The van der Waals surface area contributed by atoms with Gasteiger partial charge in [-0.2, -0.15) is 4.37 Å². The molecule has 1 aromatic heterocycles. The van der Waals surface area contributed by atoms with Crippen LogP contribution in [-0.4, -0.2) is 25.7 Å². The summed E-state index contributed by atoms with van der Waals surface area (Å²) in [5, 5.41) is 9.45. The number of carboxylic acids is 1. The van der Waals surface area contributed by atoms with Crippen molar-refractivity contribution in [2.24, 2.45) is 11.8 Å². The lowest BCUT2D eigenvalue weighted by Gasteiger charge is -2.32. The number of aliphatic carboxylic acids is 1. The Hall–Kier alpha value is -0.620. The minimum atomic E-state index is -0.664. The van der Waals surface area contributed by atoms with E-state index in [-0.39, 0.29) is 11.2 Å². The average Bonchev–Trinajstić information content (AvgIpc) is 2.74. The van der Waals surface area contributed by atoms with Gasteiger partial charge in [-0.15, -0.1) is 0 Å². The zero-order valence-electron chi connectivity index (χ0n) is 10.6. The van der Waals surface area contributed by atoms with Crippen LogP contribution in [0.1, 0.15) is 38.4 Å². The van der Waals surface area contributed by atoms with Crippen molar-refractivity contribution in [3.8, 4) is 0 Å². The lowest BCUT2D eigenvalue weighted by atomic mass is 9.80. The van der Waals surface area contributed by atoms with Gasteiger partial charge in [0.25, 0.3) is 0 Å². The summed E-state index contributed by atoms with van der Waals surface area (Å²) in [6.45, 7) is 4.05. The standard InChI is InChI=1S/C12H18N2O2S2/c1-3-8-4-5-9(11(15)16)10(6-8)17-12-13-7(2)14-18-12/h8-10H,3-6H2,1-2H3,(H,15,16). The smallest absolute Gasteiger partial charge is 0.307 e. The molecule has 3 unspecified atom stereocenters. The summed E-state index contributed by atoms with van der Waals surface area (Å²) in [6, 6.07) is 0. The molecule has 0 spiro atoms. The van der Waals surface area contributed by atoms with Crippen LogP contribution in [0, 0.1) is 18.8 Å². The quantitative estimate of drug-likeness (QED) is 0.920. The topological polar surface area (TPSA) is 63.1 Å². The number of hydrogen-bond donors (Lipinski definition) is 1. The molecule has 4 nitrogen and oxygen atoms in total. The first kappa shape index (κ1) is 13.8. The first-order valence-corrected chi connectivity index (χ1v) is 7.95. The second-order valence-electron chi connectivity index (χ2n) is 4.80. The van der Waals surface area contributed by atoms with E-state index >= 15 is 0 Å². The Morgan fingerprint density at radius 1 is 1.56 bits per heavy atom. The van der Waals surface area contributed by atoms with Crippen LogP contribution < -0.4 is 0 Å². The summed E-state index contributed by atoms with van der Waals surface area (Å²) in [4.78, 5) is 15.6. The Kier molecular flexibility index (Phi) is 4.61. The first-order valence-electron chi connectivity index (χ1n) is 6.30. The maximum absolute atomic E-state index is 11.3. The molecule has 0 aromatic carbocycles. The zero-order chi connectivity index (χ0) is 13.1. The Bertz CT molecular complexity index is 422. The number of carboxylic acid groups (broad SMARTS) is 1. The summed E-state index contributed by atoms with van der Waals surface area (Å²) in [7, 11) is 0. The summed E-state index contributed by atoms with van der Waals surface area (Å²) in [5.41, 5.74) is 0. The van der Waals surface area contributed by atoms with Gasteiger partial charge in [0.1, 0.15) is 5.82 Å². The summed E-state index contributed by atoms with van der Waals surface area (Å²) in [5.74, 6) is 0.537. The molecule has 0 saturated heterocycles. The van der Waals surface area contributed by atoms with E-state index in [0.29, 0.717) is 5.92 Å². The van der Waals surface area contributed by atoms with Gasteiger partial charge < -0.3 is 5.11 Å². The molecule has 1 aliphatic rings. The molecule has 0 amide bonds. The molecule has 0 bridgehead atoms. The molecule has 1 fully saturated rings. The molecule has 0 radical (unpaired) electrons. The van der Waals surface area contributed by atoms with Crippen LogP contribution in [-0.2, 0) is 4.79 Å². The summed E-state index contributed by atoms with van der Waals surface area (Å²) >= 11 is 2.98. The van der Waals surface area contributed by atoms with E-state index in [0.717, 1.165) is 35.8 Å². The van der Waals surface area contributed by atoms with Crippen molar-refractivity contribution in [1.29, 1.82) is 0 Å². The van der Waals surface area contributed by atoms with E-state index in [4.69, 9.17) is 0 Å². The molecule has 100 valence electrons. The highest BCUT2D eigenvalue weighted by molar-refractivity contribution is 8.01. The molecule has 1 aliphatic carbocycles. The van der Waals surface area contributed by atoms with Crippen LogP contribution in [0.4, 0.5) is 0 Å². The van der Waals surface area contributed by atoms with E-state index in [9.17, 15) is 9.90 Å². The molecular formula is C12H18N2O2S2. The second-order valence-corrected chi connectivity index (χ2v) is 7.03. The highest BCUT2D eigenvalue weighted by Crippen LogP contribution is 2.41. The molecule has 1 heterocycles. The SMILES string of the molecule is CCC1CCC(C(=O)O)C(Sc2nc(C)ns2)C1. The fraction of sp³-hybridized carbons (Fsp3) is 0.750. The minimum Gasteiger partial charge on any atom is -0.481 e. The third-order valence-corrected chi connectivity index (χ3v) is 5.79. The Morgan fingerprint density at radius 2 is 2.33 bits per heavy atom. The van der Waals surface area contributed by atoms with E-state index in [1.165, 1.54) is 11.5 Å². The fourth-order valence-electron chi connectivity index (χ4n) is 2.45. The normalized spacial score (nSPS) is 28.2. The first-order chi connectivity index (χ1) is 8.60. The minimum absolute atomic E-state index is 0.147. The van der Waals surface area contributed by atoms with Crippen molar-refractivity contribution >= 4 is 29.3 Å². The highest BCUT2D eigenvalue weighted by atomic mass is 32.2. The monoisotopic (exact) mass is 286 g/mol.